The largest absolute Gasteiger partial charge is 0.396 e. The van der Waals surface area contributed by atoms with Crippen molar-refractivity contribution in [3.63, 3.8) is 0 Å². The van der Waals surface area contributed by atoms with Gasteiger partial charge in [-0.25, -0.2) is 12.8 Å². The second-order valence-electron chi connectivity index (χ2n) is 5.21. The summed E-state index contributed by atoms with van der Waals surface area (Å²) in [7, 11) is -3.68. The molecule has 2 atom stereocenters. The van der Waals surface area contributed by atoms with E-state index in [0.717, 1.165) is 31.4 Å². The van der Waals surface area contributed by atoms with Crippen molar-refractivity contribution < 1.29 is 12.8 Å². The van der Waals surface area contributed by atoms with Crippen LogP contribution in [0.3, 0.4) is 0 Å². The molecule has 1 saturated heterocycles. The van der Waals surface area contributed by atoms with Gasteiger partial charge in [-0.05, 0) is 37.3 Å². The highest BCUT2D eigenvalue weighted by molar-refractivity contribution is 7.89. The van der Waals surface area contributed by atoms with Gasteiger partial charge in [0, 0.05) is 12.6 Å². The number of hydrogen-bond donors (Lipinski definition) is 1. The molecule has 19 heavy (non-hydrogen) atoms. The summed E-state index contributed by atoms with van der Waals surface area (Å²) in [5, 5.41) is -0.116. The van der Waals surface area contributed by atoms with E-state index in [4.69, 9.17) is 17.3 Å². The predicted octanol–water partition coefficient (Wildman–Crippen LogP) is 2.23. The Morgan fingerprint density at radius 3 is 2.68 bits per heavy atom. The van der Waals surface area contributed by atoms with Crippen molar-refractivity contribution in [3.8, 4) is 0 Å². The van der Waals surface area contributed by atoms with Crippen LogP contribution in [0.5, 0.6) is 0 Å². The second kappa shape index (κ2) is 4.33. The number of nitrogens with zero attached hydrogens (tertiary/aromatic N) is 1. The molecule has 7 heteroatoms. The van der Waals surface area contributed by atoms with Crippen LogP contribution in [0.15, 0.2) is 17.0 Å². The molecule has 104 valence electrons. The molecular weight excluding hydrogens is 291 g/mol. The summed E-state index contributed by atoms with van der Waals surface area (Å²) in [5.74, 6) is -0.261. The smallest absolute Gasteiger partial charge is 0.244 e. The van der Waals surface area contributed by atoms with Crippen LogP contribution in [0.2, 0.25) is 5.02 Å². The van der Waals surface area contributed by atoms with Gasteiger partial charge in [0.15, 0.2) is 0 Å². The van der Waals surface area contributed by atoms with Crippen molar-refractivity contribution in [1.29, 1.82) is 0 Å². The average molecular weight is 305 g/mol. The van der Waals surface area contributed by atoms with Crippen LogP contribution in [0.25, 0.3) is 0 Å². The molecule has 1 aliphatic carbocycles. The topological polar surface area (TPSA) is 63.4 Å². The Bertz CT molecular complexity index is 635. The first-order chi connectivity index (χ1) is 8.89. The summed E-state index contributed by atoms with van der Waals surface area (Å²) in [5.41, 5.74) is 5.24. The number of anilines is 1. The molecule has 0 aromatic heterocycles. The van der Waals surface area contributed by atoms with Crippen LogP contribution < -0.4 is 5.73 Å². The van der Waals surface area contributed by atoms with E-state index in [1.165, 1.54) is 4.31 Å². The Kier molecular flexibility index (Phi) is 2.99. The normalized spacial score (nSPS) is 27.1. The van der Waals surface area contributed by atoms with E-state index in [-0.39, 0.29) is 21.6 Å². The van der Waals surface area contributed by atoms with Gasteiger partial charge in [-0.2, -0.15) is 4.31 Å². The van der Waals surface area contributed by atoms with Crippen LogP contribution in [0, 0.1) is 11.7 Å². The molecule has 1 heterocycles. The number of hydrogen-bond acceptors (Lipinski definition) is 3. The van der Waals surface area contributed by atoms with Crippen molar-refractivity contribution in [2.75, 3.05) is 12.3 Å². The molecule has 2 fully saturated rings. The first kappa shape index (κ1) is 13.1. The van der Waals surface area contributed by atoms with Crippen molar-refractivity contribution >= 4 is 27.3 Å². The monoisotopic (exact) mass is 304 g/mol. The fourth-order valence-corrected chi connectivity index (χ4v) is 5.31. The van der Waals surface area contributed by atoms with Crippen molar-refractivity contribution in [2.24, 2.45) is 5.92 Å². The fourth-order valence-electron chi connectivity index (χ4n) is 3.04. The summed E-state index contributed by atoms with van der Waals surface area (Å²) in [4.78, 5) is -0.0967. The highest BCUT2D eigenvalue weighted by Crippen LogP contribution is 2.41. The minimum Gasteiger partial charge on any atom is -0.396 e. The third kappa shape index (κ3) is 2.02. The van der Waals surface area contributed by atoms with Gasteiger partial charge < -0.3 is 5.73 Å². The maximum atomic E-state index is 13.3. The lowest BCUT2D eigenvalue weighted by Gasteiger charge is -2.26. The van der Waals surface area contributed by atoms with Gasteiger partial charge in [-0.3, -0.25) is 0 Å². The second-order valence-corrected chi connectivity index (χ2v) is 7.48. The van der Waals surface area contributed by atoms with E-state index >= 15 is 0 Å². The summed E-state index contributed by atoms with van der Waals surface area (Å²) >= 11 is 5.87. The molecule has 1 saturated carbocycles. The molecular formula is C12H14ClFN2O2S. The summed E-state index contributed by atoms with van der Waals surface area (Å²) in [6.07, 6.45) is 2.88. The first-order valence-electron chi connectivity index (χ1n) is 6.16. The molecule has 2 aliphatic rings. The van der Waals surface area contributed by atoms with Gasteiger partial charge >= 0.3 is 0 Å². The molecule has 0 amide bonds. The van der Waals surface area contributed by atoms with Gasteiger partial charge in [0.25, 0.3) is 0 Å². The number of benzene rings is 1. The molecule has 1 aliphatic heterocycles. The van der Waals surface area contributed by atoms with Gasteiger partial charge in [-0.1, -0.05) is 11.6 Å². The zero-order chi connectivity index (χ0) is 13.8. The number of halogens is 2. The van der Waals surface area contributed by atoms with E-state index in [9.17, 15) is 12.8 Å². The number of nitrogens with two attached hydrogens (primary N) is 1. The minimum atomic E-state index is -3.68. The van der Waals surface area contributed by atoms with Crippen LogP contribution in [-0.4, -0.2) is 25.3 Å². The van der Waals surface area contributed by atoms with E-state index in [0.29, 0.717) is 12.5 Å². The van der Waals surface area contributed by atoms with Crippen molar-refractivity contribution in [3.05, 3.63) is 23.0 Å². The SMILES string of the molecule is Nc1cc(S(=O)(=O)N2CC3CCC2C3)c(Cl)cc1F. The Morgan fingerprint density at radius 1 is 1.37 bits per heavy atom. The number of fused-ring (bicyclic) bond motifs is 2. The van der Waals surface area contributed by atoms with Crippen molar-refractivity contribution in [2.45, 2.75) is 30.2 Å². The summed E-state index contributed by atoms with van der Waals surface area (Å²) < 4.78 is 39.9. The number of sulfonamides is 1. The molecule has 0 spiro atoms. The lowest BCUT2D eigenvalue weighted by Crippen LogP contribution is -2.37. The third-order valence-electron chi connectivity index (χ3n) is 4.00. The van der Waals surface area contributed by atoms with Crippen molar-refractivity contribution in [1.82, 2.24) is 4.31 Å². The lowest BCUT2D eigenvalue weighted by atomic mass is 10.1. The minimum absolute atomic E-state index is 0.0531. The van der Waals surface area contributed by atoms with E-state index < -0.39 is 15.8 Å². The lowest BCUT2D eigenvalue weighted by molar-refractivity contribution is 0.333. The molecule has 1 aromatic rings. The van der Waals surface area contributed by atoms with Gasteiger partial charge in [-0.15, -0.1) is 0 Å². The van der Waals surface area contributed by atoms with Crippen LogP contribution in [0.1, 0.15) is 19.3 Å². The Morgan fingerprint density at radius 2 is 2.11 bits per heavy atom. The maximum absolute atomic E-state index is 13.3. The van der Waals surface area contributed by atoms with Gasteiger partial charge in [0.05, 0.1) is 10.7 Å². The molecule has 2 N–H and O–H groups in total. The highest BCUT2D eigenvalue weighted by atomic mass is 35.5. The van der Waals surface area contributed by atoms with Gasteiger partial charge in [0.1, 0.15) is 10.7 Å². The number of rotatable bonds is 2. The maximum Gasteiger partial charge on any atom is 0.244 e. The molecule has 1 aromatic carbocycles. The van der Waals surface area contributed by atoms with Crippen LogP contribution in [-0.2, 0) is 10.0 Å². The molecule has 2 bridgehead atoms. The molecule has 3 rings (SSSR count). The summed E-state index contributed by atoms with van der Waals surface area (Å²) in [6, 6.07) is 2.12. The molecule has 4 nitrogen and oxygen atoms in total. The average Bonchev–Trinajstić information content (AvgIpc) is 2.95. The van der Waals surface area contributed by atoms with E-state index in [1.54, 1.807) is 0 Å². The zero-order valence-corrected chi connectivity index (χ0v) is 11.7. The standard InChI is InChI=1S/C12H14ClFN2O2S/c13-9-4-10(14)11(15)5-12(9)19(17,18)16-6-7-1-2-8(16)3-7/h4-5,7-8H,1-3,6,15H2. The van der Waals surface area contributed by atoms with E-state index in [1.807, 2.05) is 0 Å². The van der Waals surface area contributed by atoms with Crippen LogP contribution in [0.4, 0.5) is 10.1 Å². The molecule has 2 unspecified atom stereocenters. The Labute approximate surface area is 116 Å². The Hall–Kier alpha value is -0.850. The quantitative estimate of drug-likeness (QED) is 0.852. The zero-order valence-electron chi connectivity index (χ0n) is 10.1. The first-order valence-corrected chi connectivity index (χ1v) is 7.98. The van der Waals surface area contributed by atoms with Gasteiger partial charge in [0.2, 0.25) is 10.0 Å². The fraction of sp³-hybridized carbons (Fsp3) is 0.500. The highest BCUT2D eigenvalue weighted by Gasteiger charge is 2.44. The Balaban J connectivity index is 2.03. The third-order valence-corrected chi connectivity index (χ3v) is 6.38. The summed E-state index contributed by atoms with van der Waals surface area (Å²) in [6.45, 7) is 0.528. The number of nitrogen functional groups attached to an aromatic ring is 1. The predicted molar refractivity (Wildman–Crippen MR) is 70.8 cm³/mol. The molecule has 0 radical (unpaired) electrons. The number of piperidine rings is 1. The van der Waals surface area contributed by atoms with E-state index in [2.05, 4.69) is 0 Å². The van der Waals surface area contributed by atoms with Crippen LogP contribution >= 0.6 is 11.6 Å².